The van der Waals surface area contributed by atoms with Crippen LogP contribution in [-0.4, -0.2) is 44.7 Å². The molecule has 2 aromatic heterocycles. The number of rotatable bonds is 9. The van der Waals surface area contributed by atoms with Gasteiger partial charge in [0.25, 0.3) is 0 Å². The minimum absolute atomic E-state index is 0.0135. The highest BCUT2D eigenvalue weighted by atomic mass is 19.4. The summed E-state index contributed by atoms with van der Waals surface area (Å²) in [6.45, 7) is 0. The van der Waals surface area contributed by atoms with Crippen LogP contribution in [0.4, 0.5) is 35.1 Å². The Balaban J connectivity index is 1.36. The predicted molar refractivity (Wildman–Crippen MR) is 127 cm³/mol. The SMILES string of the molecule is O=C(CCC(F)(F)F)NC(c1cnn2cc([C@@H](NC(=O)C3CC3C(F)(F)F)C3CCC(F)(F)CC3)nc2c1)C1CC1. The van der Waals surface area contributed by atoms with Gasteiger partial charge in [-0.1, -0.05) is 0 Å². The van der Waals surface area contributed by atoms with Crippen LogP contribution in [0, 0.1) is 23.7 Å². The van der Waals surface area contributed by atoms with Gasteiger partial charge in [0.1, 0.15) is 0 Å². The van der Waals surface area contributed by atoms with Gasteiger partial charge in [-0.15, -0.1) is 0 Å². The summed E-state index contributed by atoms with van der Waals surface area (Å²) >= 11 is 0. The molecule has 2 amide bonds. The van der Waals surface area contributed by atoms with Crippen molar-refractivity contribution < 1.29 is 44.7 Å². The number of nitrogens with zero attached hydrogens (tertiary/aromatic N) is 3. The fourth-order valence-corrected chi connectivity index (χ4v) is 5.57. The molecule has 3 aliphatic carbocycles. The van der Waals surface area contributed by atoms with E-state index < -0.39 is 85.6 Å². The maximum absolute atomic E-state index is 13.9. The van der Waals surface area contributed by atoms with Crippen molar-refractivity contribution in [1.82, 2.24) is 25.2 Å². The third-order valence-electron chi connectivity index (χ3n) is 8.16. The molecule has 15 heteroatoms. The van der Waals surface area contributed by atoms with E-state index in [2.05, 4.69) is 20.7 Å². The molecule has 41 heavy (non-hydrogen) atoms. The second-order valence-corrected chi connectivity index (χ2v) is 11.4. The number of fused-ring (bicyclic) bond motifs is 1. The summed E-state index contributed by atoms with van der Waals surface area (Å²) in [5, 5.41) is 9.57. The highest BCUT2D eigenvalue weighted by molar-refractivity contribution is 5.82. The summed E-state index contributed by atoms with van der Waals surface area (Å²) in [6.07, 6.45) is -7.62. The van der Waals surface area contributed by atoms with Gasteiger partial charge in [0.2, 0.25) is 17.7 Å². The zero-order chi connectivity index (χ0) is 29.7. The minimum Gasteiger partial charge on any atom is -0.349 e. The quantitative estimate of drug-likeness (QED) is 0.358. The van der Waals surface area contributed by atoms with Gasteiger partial charge in [-0.25, -0.2) is 18.3 Å². The minimum atomic E-state index is -4.51. The molecule has 7 nitrogen and oxygen atoms in total. The second kappa shape index (κ2) is 10.7. The van der Waals surface area contributed by atoms with Crippen molar-refractivity contribution in [1.29, 1.82) is 0 Å². The number of carbonyl (C=O) groups is 2. The molecule has 0 aliphatic heterocycles. The summed E-state index contributed by atoms with van der Waals surface area (Å²) in [5.74, 6) is -7.88. The highest BCUT2D eigenvalue weighted by Gasteiger charge is 2.59. The third-order valence-corrected chi connectivity index (χ3v) is 8.16. The van der Waals surface area contributed by atoms with E-state index in [0.717, 1.165) is 12.8 Å². The lowest BCUT2D eigenvalue weighted by atomic mass is 9.81. The molecule has 2 N–H and O–H groups in total. The Kier molecular flexibility index (Phi) is 7.68. The number of aromatic nitrogens is 3. The Morgan fingerprint density at radius 3 is 2.24 bits per heavy atom. The first-order chi connectivity index (χ1) is 19.1. The number of carbonyl (C=O) groups excluding carboxylic acids is 2. The number of nitrogens with one attached hydrogen (secondary N) is 2. The van der Waals surface area contributed by atoms with E-state index in [1.807, 2.05) is 0 Å². The van der Waals surface area contributed by atoms with Crippen molar-refractivity contribution in [2.45, 2.75) is 88.1 Å². The first kappa shape index (κ1) is 29.5. The molecular formula is C26H29F8N5O2. The lowest BCUT2D eigenvalue weighted by molar-refractivity contribution is -0.155. The summed E-state index contributed by atoms with van der Waals surface area (Å²) in [4.78, 5) is 29.5. The van der Waals surface area contributed by atoms with Crippen LogP contribution in [-0.2, 0) is 9.59 Å². The Labute approximate surface area is 229 Å². The lowest BCUT2D eigenvalue weighted by Crippen LogP contribution is -2.38. The van der Waals surface area contributed by atoms with Gasteiger partial charge in [0.15, 0.2) is 5.65 Å². The number of alkyl halides is 8. The van der Waals surface area contributed by atoms with Gasteiger partial charge in [-0.2, -0.15) is 31.4 Å². The standard InChI is InChI=1S/C26H29F8N5O2/c27-24(28)6-3-14(4-7-24)22(38-23(41)16-10-17(16)26(32,33)34)18-12-39-19(36-18)9-15(11-35-39)21(13-1-2-13)37-20(40)5-8-25(29,30)31/h9,11-14,16-17,21-22H,1-8,10H2,(H,37,40)(H,38,41)/t16?,17?,21?,22-/m0/s1. The molecule has 0 bridgehead atoms. The van der Waals surface area contributed by atoms with Crippen molar-refractivity contribution >= 4 is 17.5 Å². The van der Waals surface area contributed by atoms with E-state index >= 15 is 0 Å². The van der Waals surface area contributed by atoms with E-state index in [0.29, 0.717) is 5.56 Å². The molecule has 0 spiro atoms. The van der Waals surface area contributed by atoms with Crippen LogP contribution in [0.25, 0.3) is 5.65 Å². The molecule has 3 unspecified atom stereocenters. The maximum atomic E-state index is 13.9. The molecule has 3 aliphatic rings. The molecule has 3 saturated carbocycles. The molecule has 0 saturated heterocycles. The molecule has 0 aromatic carbocycles. The van der Waals surface area contributed by atoms with Gasteiger partial charge < -0.3 is 10.6 Å². The Bertz CT molecular complexity index is 1280. The number of hydrogen-bond acceptors (Lipinski definition) is 4. The smallest absolute Gasteiger partial charge is 0.349 e. The van der Waals surface area contributed by atoms with Gasteiger partial charge >= 0.3 is 12.4 Å². The topological polar surface area (TPSA) is 88.4 Å². The van der Waals surface area contributed by atoms with E-state index in [1.54, 1.807) is 6.07 Å². The van der Waals surface area contributed by atoms with Gasteiger partial charge in [-0.05, 0) is 55.6 Å². The molecule has 2 heterocycles. The van der Waals surface area contributed by atoms with Crippen LogP contribution >= 0.6 is 0 Å². The molecule has 5 rings (SSSR count). The number of amides is 2. The van der Waals surface area contributed by atoms with Crippen LogP contribution in [0.15, 0.2) is 18.5 Å². The monoisotopic (exact) mass is 595 g/mol. The van der Waals surface area contributed by atoms with Crippen molar-refractivity contribution in [2.75, 3.05) is 0 Å². The number of imidazole rings is 1. The van der Waals surface area contributed by atoms with Crippen LogP contribution in [0.1, 0.15) is 81.1 Å². The molecular weight excluding hydrogens is 566 g/mol. The van der Waals surface area contributed by atoms with Crippen molar-refractivity contribution in [2.24, 2.45) is 23.7 Å². The van der Waals surface area contributed by atoms with Crippen LogP contribution in [0.2, 0.25) is 0 Å². The van der Waals surface area contributed by atoms with E-state index in [-0.39, 0.29) is 36.5 Å². The highest BCUT2D eigenvalue weighted by Crippen LogP contribution is 2.51. The third kappa shape index (κ3) is 7.26. The Morgan fingerprint density at radius 2 is 1.66 bits per heavy atom. The fraction of sp³-hybridized carbons (Fsp3) is 0.692. The maximum Gasteiger partial charge on any atom is 0.392 e. The van der Waals surface area contributed by atoms with Gasteiger partial charge in [0.05, 0.1) is 48.4 Å². The van der Waals surface area contributed by atoms with Crippen molar-refractivity contribution in [3.8, 4) is 0 Å². The molecule has 4 atom stereocenters. The summed E-state index contributed by atoms with van der Waals surface area (Å²) in [5.41, 5.74) is 1.04. The number of hydrogen-bond donors (Lipinski definition) is 2. The predicted octanol–water partition coefficient (Wildman–Crippen LogP) is 5.82. The first-order valence-electron chi connectivity index (χ1n) is 13.6. The first-order valence-corrected chi connectivity index (χ1v) is 13.6. The largest absolute Gasteiger partial charge is 0.392 e. The van der Waals surface area contributed by atoms with Crippen LogP contribution in [0.3, 0.4) is 0 Å². The normalized spacial score (nSPS) is 24.6. The Hall–Kier alpha value is -3.00. The van der Waals surface area contributed by atoms with Crippen LogP contribution < -0.4 is 10.6 Å². The average Bonchev–Trinajstić information content (AvgIpc) is 3.79. The molecule has 226 valence electrons. The van der Waals surface area contributed by atoms with Gasteiger partial charge in [0, 0.05) is 19.3 Å². The fourth-order valence-electron chi connectivity index (χ4n) is 5.57. The second-order valence-electron chi connectivity index (χ2n) is 11.4. The van der Waals surface area contributed by atoms with E-state index in [4.69, 9.17) is 0 Å². The summed E-state index contributed by atoms with van der Waals surface area (Å²) in [6, 6.07) is 0.0935. The number of halogens is 8. The van der Waals surface area contributed by atoms with Gasteiger partial charge in [-0.3, -0.25) is 9.59 Å². The lowest BCUT2D eigenvalue weighted by Gasteiger charge is -2.33. The molecule has 3 fully saturated rings. The zero-order valence-electron chi connectivity index (χ0n) is 21.7. The summed E-state index contributed by atoms with van der Waals surface area (Å²) < 4.78 is 106. The van der Waals surface area contributed by atoms with Crippen molar-refractivity contribution in [3.05, 3.63) is 29.7 Å². The zero-order valence-corrected chi connectivity index (χ0v) is 21.7. The van der Waals surface area contributed by atoms with Crippen LogP contribution in [0.5, 0.6) is 0 Å². The summed E-state index contributed by atoms with van der Waals surface area (Å²) in [7, 11) is 0. The van der Waals surface area contributed by atoms with E-state index in [1.165, 1.54) is 16.9 Å². The average molecular weight is 596 g/mol. The van der Waals surface area contributed by atoms with E-state index in [9.17, 15) is 44.7 Å². The molecule has 2 aromatic rings. The Morgan fingerprint density at radius 1 is 1.00 bits per heavy atom. The van der Waals surface area contributed by atoms with Crippen molar-refractivity contribution in [3.63, 3.8) is 0 Å². The molecule has 0 radical (unpaired) electrons.